The van der Waals surface area contributed by atoms with Crippen LogP contribution in [0, 0.1) is 0 Å². The van der Waals surface area contributed by atoms with E-state index in [2.05, 4.69) is 203 Å². The van der Waals surface area contributed by atoms with E-state index in [0.29, 0.717) is 0 Å². The first-order chi connectivity index (χ1) is 25.3. The molecule has 0 unspecified atom stereocenters. The van der Waals surface area contributed by atoms with E-state index in [4.69, 9.17) is 0 Å². The van der Waals surface area contributed by atoms with E-state index in [1.54, 1.807) is 0 Å². The summed E-state index contributed by atoms with van der Waals surface area (Å²) in [6.45, 7) is 0. The first-order valence-electron chi connectivity index (χ1n) is 17.7. The zero-order chi connectivity index (χ0) is 33.5. The van der Waals surface area contributed by atoms with Gasteiger partial charge in [0.15, 0.2) is 0 Å². The molecule has 0 aliphatic heterocycles. The van der Waals surface area contributed by atoms with Crippen LogP contribution in [0.15, 0.2) is 194 Å². The lowest BCUT2D eigenvalue weighted by Gasteiger charge is -2.33. The van der Waals surface area contributed by atoms with Crippen LogP contribution in [-0.2, 0) is 5.41 Å². The van der Waals surface area contributed by atoms with Gasteiger partial charge < -0.3 is 9.13 Å². The third kappa shape index (κ3) is 3.82. The average molecular weight is 649 g/mol. The van der Waals surface area contributed by atoms with Crippen LogP contribution in [0.3, 0.4) is 0 Å². The van der Waals surface area contributed by atoms with Crippen LogP contribution in [0.4, 0.5) is 0 Å². The maximum absolute atomic E-state index is 2.45. The highest BCUT2D eigenvalue weighted by Crippen LogP contribution is 2.56. The summed E-state index contributed by atoms with van der Waals surface area (Å²) in [5.74, 6) is 0. The van der Waals surface area contributed by atoms with Crippen molar-refractivity contribution in [2.24, 2.45) is 0 Å². The van der Waals surface area contributed by atoms with Gasteiger partial charge in [0.2, 0.25) is 0 Å². The number of para-hydroxylation sites is 3. The summed E-state index contributed by atoms with van der Waals surface area (Å²) >= 11 is 0. The molecule has 11 rings (SSSR count). The number of rotatable bonds is 4. The van der Waals surface area contributed by atoms with E-state index in [0.717, 1.165) is 5.69 Å². The van der Waals surface area contributed by atoms with Crippen LogP contribution in [0.1, 0.15) is 22.3 Å². The van der Waals surface area contributed by atoms with Gasteiger partial charge >= 0.3 is 0 Å². The minimum atomic E-state index is -0.412. The van der Waals surface area contributed by atoms with Gasteiger partial charge in [-0.1, -0.05) is 146 Å². The van der Waals surface area contributed by atoms with Gasteiger partial charge in [-0.05, 0) is 81.9 Å². The Hall–Kier alpha value is -6.64. The molecular formula is C49H32N2. The van der Waals surface area contributed by atoms with Crippen molar-refractivity contribution in [2.45, 2.75) is 5.41 Å². The summed E-state index contributed by atoms with van der Waals surface area (Å²) in [6, 6.07) is 71.5. The normalized spacial score (nSPS) is 13.3. The summed E-state index contributed by atoms with van der Waals surface area (Å²) in [4.78, 5) is 0. The lowest BCUT2D eigenvalue weighted by molar-refractivity contribution is 0.768. The highest BCUT2D eigenvalue weighted by Gasteiger charge is 2.46. The van der Waals surface area contributed by atoms with E-state index in [-0.39, 0.29) is 0 Å². The molecule has 238 valence electrons. The first-order valence-corrected chi connectivity index (χ1v) is 17.7. The first kappa shape index (κ1) is 28.2. The molecule has 0 fully saturated rings. The Morgan fingerprint density at radius 2 is 0.725 bits per heavy atom. The van der Waals surface area contributed by atoms with Crippen LogP contribution in [0.25, 0.3) is 66.1 Å². The van der Waals surface area contributed by atoms with Crippen molar-refractivity contribution in [1.29, 1.82) is 0 Å². The Morgan fingerprint density at radius 1 is 0.294 bits per heavy atom. The second kappa shape index (κ2) is 10.7. The molecule has 1 aliphatic rings. The van der Waals surface area contributed by atoms with Gasteiger partial charge in [0.25, 0.3) is 0 Å². The molecule has 2 heterocycles. The molecule has 51 heavy (non-hydrogen) atoms. The molecule has 8 aromatic carbocycles. The maximum Gasteiger partial charge on any atom is 0.0713 e. The molecule has 0 amide bonds. The molecule has 0 spiro atoms. The van der Waals surface area contributed by atoms with E-state index in [1.807, 2.05) is 0 Å². The molecular weight excluding hydrogens is 617 g/mol. The summed E-state index contributed by atoms with van der Waals surface area (Å²) in [7, 11) is 0. The van der Waals surface area contributed by atoms with Gasteiger partial charge in [0.1, 0.15) is 0 Å². The number of fused-ring (bicyclic) bond motifs is 9. The molecule has 0 saturated carbocycles. The van der Waals surface area contributed by atoms with Crippen LogP contribution >= 0.6 is 0 Å². The van der Waals surface area contributed by atoms with E-state index in [1.165, 1.54) is 82.7 Å². The fourth-order valence-electron chi connectivity index (χ4n) is 9.16. The number of hydrogen-bond acceptors (Lipinski definition) is 0. The quantitative estimate of drug-likeness (QED) is 0.180. The Bertz CT molecular complexity index is 2870. The van der Waals surface area contributed by atoms with Crippen molar-refractivity contribution in [3.05, 3.63) is 216 Å². The molecule has 10 aromatic rings. The van der Waals surface area contributed by atoms with Gasteiger partial charge in [-0.25, -0.2) is 0 Å². The lowest BCUT2D eigenvalue weighted by atomic mass is 9.68. The van der Waals surface area contributed by atoms with Gasteiger partial charge in [-0.3, -0.25) is 0 Å². The Morgan fingerprint density at radius 3 is 1.33 bits per heavy atom. The molecule has 0 bridgehead atoms. The standard InChI is InChI=1S/C49H32N2/c1-3-15-33(16-4-1)49(34-17-5-2-6-18-34)43-23-11-7-19-37(43)41-31-35(27-29-44(41)49)51-47-26-14-10-22-40(47)42-32-36(28-30-48(42)51)50-45-24-12-8-20-38(45)39-21-9-13-25-46(39)50/h1-32H. The molecule has 0 radical (unpaired) electrons. The number of nitrogens with zero attached hydrogens (tertiary/aromatic N) is 2. The van der Waals surface area contributed by atoms with Crippen molar-refractivity contribution in [1.82, 2.24) is 9.13 Å². The molecule has 1 aliphatic carbocycles. The van der Waals surface area contributed by atoms with Crippen LogP contribution < -0.4 is 0 Å². The second-order valence-electron chi connectivity index (χ2n) is 13.7. The van der Waals surface area contributed by atoms with Crippen molar-refractivity contribution in [3.63, 3.8) is 0 Å². The fourth-order valence-corrected chi connectivity index (χ4v) is 9.16. The summed E-state index contributed by atoms with van der Waals surface area (Å²) in [5, 5.41) is 5.04. The van der Waals surface area contributed by atoms with Gasteiger partial charge in [0, 0.05) is 32.9 Å². The summed E-state index contributed by atoms with van der Waals surface area (Å²) < 4.78 is 4.86. The average Bonchev–Trinajstić information content (AvgIpc) is 3.82. The molecule has 0 N–H and O–H groups in total. The summed E-state index contributed by atoms with van der Waals surface area (Å²) in [5.41, 5.74) is 14.5. The van der Waals surface area contributed by atoms with Crippen molar-refractivity contribution >= 4 is 43.6 Å². The highest BCUT2D eigenvalue weighted by atomic mass is 15.0. The van der Waals surface area contributed by atoms with Gasteiger partial charge in [-0.2, -0.15) is 0 Å². The predicted molar refractivity (Wildman–Crippen MR) is 212 cm³/mol. The molecule has 0 atom stereocenters. The van der Waals surface area contributed by atoms with Crippen LogP contribution in [-0.4, -0.2) is 9.13 Å². The van der Waals surface area contributed by atoms with Crippen molar-refractivity contribution in [2.75, 3.05) is 0 Å². The number of hydrogen-bond donors (Lipinski definition) is 0. The van der Waals surface area contributed by atoms with Crippen molar-refractivity contribution < 1.29 is 0 Å². The van der Waals surface area contributed by atoms with E-state index >= 15 is 0 Å². The third-order valence-corrected chi connectivity index (χ3v) is 11.2. The lowest BCUT2D eigenvalue weighted by Crippen LogP contribution is -2.28. The molecule has 2 heteroatoms. The Balaban J connectivity index is 1.16. The number of benzene rings is 8. The Labute approximate surface area is 296 Å². The second-order valence-corrected chi connectivity index (χ2v) is 13.7. The van der Waals surface area contributed by atoms with E-state index in [9.17, 15) is 0 Å². The molecule has 2 aromatic heterocycles. The summed E-state index contributed by atoms with van der Waals surface area (Å²) in [6.07, 6.45) is 0. The smallest absolute Gasteiger partial charge is 0.0713 e. The predicted octanol–water partition coefficient (Wildman–Crippen LogP) is 12.2. The van der Waals surface area contributed by atoms with Gasteiger partial charge in [0.05, 0.1) is 27.5 Å². The fraction of sp³-hybridized carbons (Fsp3) is 0.0204. The largest absolute Gasteiger partial charge is 0.309 e. The zero-order valence-electron chi connectivity index (χ0n) is 27.9. The van der Waals surface area contributed by atoms with Crippen LogP contribution in [0.2, 0.25) is 0 Å². The van der Waals surface area contributed by atoms with Crippen LogP contribution in [0.5, 0.6) is 0 Å². The Kier molecular flexibility index (Phi) is 5.91. The monoisotopic (exact) mass is 648 g/mol. The third-order valence-electron chi connectivity index (χ3n) is 11.2. The SMILES string of the molecule is c1ccc(C2(c3ccccc3)c3ccccc3-c3cc(-n4c5ccccc5c5cc(-n6c7ccccc7c7ccccc76)ccc54)ccc32)cc1. The molecule has 0 saturated heterocycles. The minimum Gasteiger partial charge on any atom is -0.309 e. The highest BCUT2D eigenvalue weighted by molar-refractivity contribution is 6.12. The topological polar surface area (TPSA) is 9.86 Å². The molecule has 2 nitrogen and oxygen atoms in total. The number of aromatic nitrogens is 2. The van der Waals surface area contributed by atoms with E-state index < -0.39 is 5.41 Å². The van der Waals surface area contributed by atoms with Gasteiger partial charge in [-0.15, -0.1) is 0 Å². The maximum atomic E-state index is 2.45. The minimum absolute atomic E-state index is 0.412. The zero-order valence-corrected chi connectivity index (χ0v) is 27.9. The van der Waals surface area contributed by atoms with Crippen molar-refractivity contribution in [3.8, 4) is 22.5 Å².